The fourth-order valence-electron chi connectivity index (χ4n) is 4.48. The number of thiophene rings is 1. The summed E-state index contributed by atoms with van der Waals surface area (Å²) in [6, 6.07) is 8.76. The molecule has 0 saturated carbocycles. The molecule has 2 aromatic rings. The number of benzene rings is 1. The van der Waals surface area contributed by atoms with Crippen LogP contribution in [-0.4, -0.2) is 44.3 Å². The van der Waals surface area contributed by atoms with Gasteiger partial charge in [0, 0.05) is 36.8 Å². The van der Waals surface area contributed by atoms with Gasteiger partial charge in [-0.15, -0.1) is 16.6 Å². The van der Waals surface area contributed by atoms with E-state index in [0.717, 1.165) is 19.3 Å². The lowest BCUT2D eigenvalue weighted by Gasteiger charge is -2.36. The van der Waals surface area contributed by atoms with Gasteiger partial charge in [-0.2, -0.15) is 4.48 Å². The number of amides is 2. The third-order valence-corrected chi connectivity index (χ3v) is 7.16. The van der Waals surface area contributed by atoms with Crippen LogP contribution in [0.25, 0.3) is 0 Å². The largest absolute Gasteiger partial charge is 0.442 e. The van der Waals surface area contributed by atoms with Gasteiger partial charge in [-0.1, -0.05) is 6.07 Å². The maximum atomic E-state index is 15.2. The summed E-state index contributed by atoms with van der Waals surface area (Å²) in [5.74, 6) is -0.214. The molecule has 0 radical (unpaired) electrons. The highest BCUT2D eigenvalue weighted by Crippen LogP contribution is 2.36. The minimum atomic E-state index is -0.578. The molecular formula is C23H26FN4O3S+. The van der Waals surface area contributed by atoms with E-state index >= 15 is 4.39 Å². The third-order valence-electron chi connectivity index (χ3n) is 6.26. The summed E-state index contributed by atoms with van der Waals surface area (Å²) in [4.78, 5) is 26.0. The van der Waals surface area contributed by atoms with E-state index < -0.39 is 18.0 Å². The number of halogens is 1. The van der Waals surface area contributed by atoms with E-state index in [9.17, 15) is 14.9 Å². The van der Waals surface area contributed by atoms with Crippen molar-refractivity contribution in [3.8, 4) is 6.19 Å². The first kappa shape index (κ1) is 22.2. The summed E-state index contributed by atoms with van der Waals surface area (Å²) in [5, 5.41) is 14.7. The number of quaternary nitrogens is 1. The maximum Gasteiger partial charge on any atom is 0.414 e. The fourth-order valence-corrected chi connectivity index (χ4v) is 5.30. The molecule has 4 rings (SSSR count). The molecule has 0 bridgehead atoms. The number of anilines is 1. The molecule has 2 amide bonds. The van der Waals surface area contributed by atoms with Crippen molar-refractivity contribution >= 4 is 34.7 Å². The molecule has 7 nitrogen and oxygen atoms in total. The Bertz CT molecular complexity index is 1030. The number of likely N-dealkylation sites (tertiary alicyclic amines) is 1. The Morgan fingerprint density at radius 1 is 1.38 bits per heavy atom. The number of carbonyl (C=O) groups is 2. The minimum Gasteiger partial charge on any atom is -0.442 e. The number of cyclic esters (lactones) is 1. The molecule has 9 heteroatoms. The van der Waals surface area contributed by atoms with Crippen LogP contribution in [0.3, 0.4) is 0 Å². The first-order valence-electron chi connectivity index (χ1n) is 10.7. The molecule has 0 spiro atoms. The predicted molar refractivity (Wildman–Crippen MR) is 121 cm³/mol. The zero-order valence-corrected chi connectivity index (χ0v) is 18.7. The Morgan fingerprint density at radius 3 is 2.78 bits per heavy atom. The number of hydrogen-bond donors (Lipinski definition) is 1. The van der Waals surface area contributed by atoms with Crippen molar-refractivity contribution in [3.05, 3.63) is 46.4 Å². The number of nitrogens with one attached hydrogen (secondary N) is 1. The van der Waals surface area contributed by atoms with Crippen molar-refractivity contribution in [1.82, 2.24) is 9.80 Å². The van der Waals surface area contributed by atoms with E-state index in [1.54, 1.807) is 23.5 Å². The molecule has 2 fully saturated rings. The van der Waals surface area contributed by atoms with E-state index in [0.29, 0.717) is 30.4 Å². The van der Waals surface area contributed by atoms with Crippen LogP contribution in [0, 0.1) is 23.2 Å². The molecule has 1 aromatic carbocycles. The van der Waals surface area contributed by atoms with Gasteiger partial charge in [-0.25, -0.2) is 9.18 Å². The molecular weight excluding hydrogens is 431 g/mol. The molecule has 2 aliphatic rings. The summed E-state index contributed by atoms with van der Waals surface area (Å²) in [7, 11) is 0. The van der Waals surface area contributed by atoms with Crippen LogP contribution in [0.2, 0.25) is 0 Å². The highest BCUT2D eigenvalue weighted by Gasteiger charge is 2.40. The Balaban J connectivity index is 1.45. The first-order chi connectivity index (χ1) is 15.4. The topological polar surface area (TPSA) is 82.4 Å². The Labute approximate surface area is 190 Å². The lowest BCUT2D eigenvalue weighted by molar-refractivity contribution is -0.119. The fraction of sp³-hybridized carbons (Fsp3) is 0.435. The summed E-state index contributed by atoms with van der Waals surface area (Å²) in [6.07, 6.45) is 3.99. The van der Waals surface area contributed by atoms with Crippen molar-refractivity contribution in [1.29, 1.82) is 5.26 Å². The quantitative estimate of drug-likeness (QED) is 0.529. The van der Waals surface area contributed by atoms with Crippen molar-refractivity contribution in [2.24, 2.45) is 5.92 Å². The van der Waals surface area contributed by atoms with Crippen molar-refractivity contribution in [2.45, 2.75) is 32.3 Å². The molecule has 2 aliphatic heterocycles. The zero-order chi connectivity index (χ0) is 22.7. The van der Waals surface area contributed by atoms with Crippen molar-refractivity contribution in [2.75, 3.05) is 31.1 Å². The van der Waals surface area contributed by atoms with Crippen molar-refractivity contribution < 1.29 is 18.7 Å². The average Bonchev–Trinajstić information content (AvgIpc) is 3.42. The van der Waals surface area contributed by atoms with Gasteiger partial charge in [-0.3, -0.25) is 9.69 Å². The van der Waals surface area contributed by atoms with Gasteiger partial charge in [-0.05, 0) is 29.9 Å². The van der Waals surface area contributed by atoms with Gasteiger partial charge in [0.25, 0.3) is 0 Å². The zero-order valence-electron chi connectivity index (χ0n) is 17.9. The monoisotopic (exact) mass is 457 g/mol. The van der Waals surface area contributed by atoms with Gasteiger partial charge in [0.1, 0.15) is 6.10 Å². The number of carbonyl (C=O) groups excluding carboxylic acids is 2. The van der Waals surface area contributed by atoms with Crippen LogP contribution < -0.4 is 14.7 Å². The van der Waals surface area contributed by atoms with Crippen LogP contribution >= 0.6 is 11.3 Å². The van der Waals surface area contributed by atoms with Crippen LogP contribution in [0.5, 0.6) is 0 Å². The summed E-state index contributed by atoms with van der Waals surface area (Å²) in [5.41, 5.74) is 0.721. The highest BCUT2D eigenvalue weighted by molar-refractivity contribution is 7.09. The van der Waals surface area contributed by atoms with Gasteiger partial charge < -0.3 is 10.1 Å². The van der Waals surface area contributed by atoms with Crippen LogP contribution in [0.1, 0.15) is 24.6 Å². The van der Waals surface area contributed by atoms with E-state index in [1.165, 1.54) is 22.8 Å². The molecule has 2 saturated heterocycles. The van der Waals surface area contributed by atoms with Crippen LogP contribution in [-0.2, 0) is 16.0 Å². The molecule has 0 unspecified atom stereocenters. The maximum absolute atomic E-state index is 15.2. The number of ether oxygens (including phenoxy) is 1. The van der Waals surface area contributed by atoms with Crippen molar-refractivity contribution in [3.63, 3.8) is 0 Å². The van der Waals surface area contributed by atoms with E-state index in [2.05, 4.69) is 23.0 Å². The van der Waals surface area contributed by atoms with E-state index in [-0.39, 0.29) is 23.5 Å². The molecule has 0 aliphatic carbocycles. The Morgan fingerprint density at radius 2 is 2.16 bits per heavy atom. The second-order valence-corrected chi connectivity index (χ2v) is 9.46. The van der Waals surface area contributed by atoms with E-state index in [4.69, 9.17) is 4.74 Å². The van der Waals surface area contributed by atoms with Gasteiger partial charge in [0.2, 0.25) is 5.91 Å². The van der Waals surface area contributed by atoms with Crippen LogP contribution in [0.15, 0.2) is 35.7 Å². The lowest BCUT2D eigenvalue weighted by atomic mass is 9.91. The second-order valence-electron chi connectivity index (χ2n) is 8.43. The minimum absolute atomic E-state index is 0.0529. The average molecular weight is 458 g/mol. The van der Waals surface area contributed by atoms with Gasteiger partial charge in [0.05, 0.1) is 31.9 Å². The number of nitrogens with zero attached hydrogens (tertiary/aromatic N) is 3. The smallest absolute Gasteiger partial charge is 0.414 e. The Hall–Kier alpha value is -2.96. The summed E-state index contributed by atoms with van der Waals surface area (Å²) in [6.45, 7) is 2.95. The first-order valence-corrected chi connectivity index (χ1v) is 11.6. The van der Waals surface area contributed by atoms with Gasteiger partial charge in [0.15, 0.2) is 11.5 Å². The van der Waals surface area contributed by atoms with Crippen LogP contribution in [0.4, 0.5) is 20.6 Å². The number of piperidine rings is 1. The third kappa shape index (κ3) is 4.61. The number of hydrogen-bond acceptors (Lipinski definition) is 5. The predicted octanol–water partition coefficient (Wildman–Crippen LogP) is 3.79. The summed E-state index contributed by atoms with van der Waals surface area (Å²) >= 11 is 1.75. The molecule has 3 heterocycles. The molecule has 32 heavy (non-hydrogen) atoms. The molecule has 1 N–H and O–H groups in total. The highest BCUT2D eigenvalue weighted by atomic mass is 32.1. The summed E-state index contributed by atoms with van der Waals surface area (Å²) < 4.78 is 20.4. The number of nitriles is 1. The standard InChI is InChI=1S/C23H25FN4O3S/c1-16(29)26-13-19-14-27(23(30)31-19)18-4-5-22(21(24)12-18)28(15-25)8-6-17(7-9-28)11-20-3-2-10-32-20/h2-5,10,12,17,19H,6-9,11,13-14H2,1H3/p+1/t17?,19-,28?/m0/s1. The second kappa shape index (κ2) is 9.27. The molecule has 168 valence electrons. The SMILES string of the molecule is CC(=O)NC[C@H]1CN(c2ccc([N+]3(C#N)CCC(Cc4cccs4)CC3)c(F)c2)C(=O)O1. The molecule has 1 aromatic heterocycles. The van der Waals surface area contributed by atoms with E-state index in [1.807, 2.05) is 6.07 Å². The lowest BCUT2D eigenvalue weighted by Crippen LogP contribution is -2.51. The van der Waals surface area contributed by atoms with Gasteiger partial charge >= 0.3 is 12.3 Å². The normalized spacial score (nSPS) is 25.3. The Kier molecular flexibility index (Phi) is 6.44. The number of rotatable bonds is 6. The molecule has 1 atom stereocenters.